The van der Waals surface area contributed by atoms with Gasteiger partial charge in [-0.3, -0.25) is 0 Å². The number of nitrogens with one attached hydrogen (secondary N) is 1. The van der Waals surface area contributed by atoms with Crippen molar-refractivity contribution in [2.75, 3.05) is 13.7 Å². The first-order valence-electron chi connectivity index (χ1n) is 7.49. The van der Waals surface area contributed by atoms with E-state index in [9.17, 15) is 4.79 Å². The Morgan fingerprint density at radius 3 is 3.09 bits per heavy atom. The number of amides is 2. The Morgan fingerprint density at radius 2 is 2.32 bits per heavy atom. The molecule has 0 radical (unpaired) electrons. The molecule has 0 bridgehead atoms. The van der Waals surface area contributed by atoms with Gasteiger partial charge in [-0.1, -0.05) is 18.2 Å². The molecular weight excluding hydrogens is 296 g/mol. The van der Waals surface area contributed by atoms with E-state index in [1.165, 1.54) is 4.88 Å². The van der Waals surface area contributed by atoms with E-state index < -0.39 is 0 Å². The van der Waals surface area contributed by atoms with Crippen molar-refractivity contribution in [3.05, 3.63) is 52.2 Å². The minimum atomic E-state index is 0.0127. The minimum absolute atomic E-state index is 0.0127. The quantitative estimate of drug-likeness (QED) is 0.932. The molecule has 1 unspecified atom stereocenters. The van der Waals surface area contributed by atoms with Crippen molar-refractivity contribution in [1.82, 2.24) is 10.2 Å². The van der Waals surface area contributed by atoms with Gasteiger partial charge in [0.25, 0.3) is 0 Å². The molecule has 4 nitrogen and oxygen atoms in total. The van der Waals surface area contributed by atoms with Crippen molar-refractivity contribution in [1.29, 1.82) is 0 Å². The van der Waals surface area contributed by atoms with Gasteiger partial charge in [-0.2, -0.15) is 0 Å². The molecule has 116 valence electrons. The molecule has 1 N–H and O–H groups in total. The summed E-state index contributed by atoms with van der Waals surface area (Å²) in [5.41, 5.74) is 1.14. The molecule has 1 aromatic carbocycles. The third-order valence-electron chi connectivity index (χ3n) is 3.99. The largest absolute Gasteiger partial charge is 0.497 e. The highest BCUT2D eigenvalue weighted by Crippen LogP contribution is 2.33. The van der Waals surface area contributed by atoms with E-state index in [0.717, 1.165) is 30.7 Å². The van der Waals surface area contributed by atoms with Gasteiger partial charge in [-0.25, -0.2) is 4.79 Å². The minimum Gasteiger partial charge on any atom is -0.497 e. The average Bonchev–Trinajstić information content (AvgIpc) is 3.24. The third-order valence-corrected chi connectivity index (χ3v) is 4.86. The number of carbonyl (C=O) groups is 1. The number of methoxy groups -OCH3 is 1. The number of nitrogens with zero attached hydrogens (tertiary/aromatic N) is 1. The van der Waals surface area contributed by atoms with Crippen LogP contribution in [0.25, 0.3) is 0 Å². The van der Waals surface area contributed by atoms with Crippen molar-refractivity contribution in [2.45, 2.75) is 25.4 Å². The lowest BCUT2D eigenvalue weighted by Gasteiger charge is -2.25. The maximum atomic E-state index is 12.5. The van der Waals surface area contributed by atoms with Crippen molar-refractivity contribution in [2.24, 2.45) is 0 Å². The van der Waals surface area contributed by atoms with Gasteiger partial charge in [-0.05, 0) is 42.0 Å². The number of hydrogen-bond donors (Lipinski definition) is 1. The van der Waals surface area contributed by atoms with Crippen LogP contribution in [0.5, 0.6) is 5.75 Å². The van der Waals surface area contributed by atoms with Crippen LogP contribution in [-0.2, 0) is 6.54 Å². The molecule has 1 aliphatic heterocycles. The highest BCUT2D eigenvalue weighted by Gasteiger charge is 2.30. The van der Waals surface area contributed by atoms with Gasteiger partial charge >= 0.3 is 6.03 Å². The van der Waals surface area contributed by atoms with Crippen LogP contribution in [0.1, 0.15) is 29.3 Å². The normalized spacial score (nSPS) is 17.5. The molecule has 22 heavy (non-hydrogen) atoms. The van der Waals surface area contributed by atoms with Crippen molar-refractivity contribution < 1.29 is 9.53 Å². The van der Waals surface area contributed by atoms with E-state index in [0.29, 0.717) is 6.54 Å². The third kappa shape index (κ3) is 3.25. The Balaban J connectivity index is 1.68. The molecule has 0 saturated carbocycles. The maximum absolute atomic E-state index is 12.5. The van der Waals surface area contributed by atoms with E-state index in [4.69, 9.17) is 4.74 Å². The lowest BCUT2D eigenvalue weighted by Crippen LogP contribution is -2.39. The fourth-order valence-electron chi connectivity index (χ4n) is 2.88. The molecule has 5 heteroatoms. The number of likely N-dealkylation sites (tertiary alicyclic amines) is 1. The predicted molar refractivity (Wildman–Crippen MR) is 88.2 cm³/mol. The van der Waals surface area contributed by atoms with Crippen molar-refractivity contribution in [3.8, 4) is 5.75 Å². The standard InChI is InChI=1S/C17H20N2O2S/c1-21-14-6-2-5-13(11-14)16-8-3-9-19(16)17(20)18-12-15-7-4-10-22-15/h2,4-7,10-11,16H,3,8-9,12H2,1H3,(H,18,20). The fourth-order valence-corrected chi connectivity index (χ4v) is 3.53. The fraction of sp³-hybridized carbons (Fsp3) is 0.353. The number of ether oxygens (including phenoxy) is 1. The summed E-state index contributed by atoms with van der Waals surface area (Å²) in [4.78, 5) is 15.6. The van der Waals surface area contributed by atoms with Crippen LogP contribution in [0.15, 0.2) is 41.8 Å². The summed E-state index contributed by atoms with van der Waals surface area (Å²) in [7, 11) is 1.67. The molecule has 2 amide bonds. The molecule has 1 aromatic heterocycles. The number of benzene rings is 1. The molecule has 1 saturated heterocycles. The first-order valence-corrected chi connectivity index (χ1v) is 8.36. The number of carbonyl (C=O) groups excluding carboxylic acids is 1. The molecule has 1 atom stereocenters. The van der Waals surface area contributed by atoms with Gasteiger partial charge < -0.3 is 15.0 Å². The van der Waals surface area contributed by atoms with Crippen LogP contribution in [0, 0.1) is 0 Å². The smallest absolute Gasteiger partial charge is 0.318 e. The van der Waals surface area contributed by atoms with Gasteiger partial charge in [0.05, 0.1) is 19.7 Å². The van der Waals surface area contributed by atoms with E-state index in [2.05, 4.69) is 11.4 Å². The second-order valence-corrected chi connectivity index (χ2v) is 6.40. The monoisotopic (exact) mass is 316 g/mol. The summed E-state index contributed by atoms with van der Waals surface area (Å²) in [5.74, 6) is 0.836. The molecule has 0 aliphatic carbocycles. The zero-order chi connectivity index (χ0) is 15.4. The lowest BCUT2D eigenvalue weighted by molar-refractivity contribution is 0.192. The second kappa shape index (κ2) is 6.83. The maximum Gasteiger partial charge on any atom is 0.318 e. The van der Waals surface area contributed by atoms with Gasteiger partial charge in [0.1, 0.15) is 5.75 Å². The van der Waals surface area contributed by atoms with Crippen LogP contribution < -0.4 is 10.1 Å². The van der Waals surface area contributed by atoms with Crippen LogP contribution in [0.4, 0.5) is 4.79 Å². The van der Waals surface area contributed by atoms with E-state index in [-0.39, 0.29) is 12.1 Å². The van der Waals surface area contributed by atoms with Crippen LogP contribution in [0.2, 0.25) is 0 Å². The van der Waals surface area contributed by atoms with Crippen LogP contribution >= 0.6 is 11.3 Å². The molecule has 3 rings (SSSR count). The number of rotatable bonds is 4. The van der Waals surface area contributed by atoms with Crippen LogP contribution in [0.3, 0.4) is 0 Å². The molecule has 1 fully saturated rings. The molecule has 2 heterocycles. The Labute approximate surface area is 134 Å². The molecular formula is C17H20N2O2S. The summed E-state index contributed by atoms with van der Waals surface area (Å²) in [6, 6.07) is 12.2. The summed E-state index contributed by atoms with van der Waals surface area (Å²) in [6.07, 6.45) is 2.04. The molecule has 0 spiro atoms. The SMILES string of the molecule is COc1cccc(C2CCCN2C(=O)NCc2cccs2)c1. The second-order valence-electron chi connectivity index (χ2n) is 5.37. The zero-order valence-corrected chi connectivity index (χ0v) is 13.4. The number of urea groups is 1. The Kier molecular flexibility index (Phi) is 4.63. The van der Waals surface area contributed by atoms with Gasteiger partial charge in [0.2, 0.25) is 0 Å². The predicted octanol–water partition coefficient (Wildman–Crippen LogP) is 3.80. The van der Waals surface area contributed by atoms with Crippen molar-refractivity contribution >= 4 is 17.4 Å². The number of hydrogen-bond acceptors (Lipinski definition) is 3. The molecule has 2 aromatic rings. The summed E-state index contributed by atoms with van der Waals surface area (Å²) in [5, 5.41) is 5.05. The Bertz CT molecular complexity index is 627. The lowest BCUT2D eigenvalue weighted by atomic mass is 10.0. The first kappa shape index (κ1) is 14.9. The molecule has 1 aliphatic rings. The van der Waals surface area contributed by atoms with Gasteiger partial charge in [0.15, 0.2) is 0 Å². The summed E-state index contributed by atoms with van der Waals surface area (Å²) < 4.78 is 5.29. The van der Waals surface area contributed by atoms with Gasteiger partial charge in [-0.15, -0.1) is 11.3 Å². The van der Waals surface area contributed by atoms with E-state index in [1.54, 1.807) is 18.4 Å². The Hall–Kier alpha value is -2.01. The van der Waals surface area contributed by atoms with Gasteiger partial charge in [0, 0.05) is 11.4 Å². The summed E-state index contributed by atoms with van der Waals surface area (Å²) in [6.45, 7) is 1.40. The Morgan fingerprint density at radius 1 is 1.41 bits per heavy atom. The average molecular weight is 316 g/mol. The highest BCUT2D eigenvalue weighted by molar-refractivity contribution is 7.09. The first-order chi connectivity index (χ1) is 10.8. The topological polar surface area (TPSA) is 41.6 Å². The van der Waals surface area contributed by atoms with E-state index >= 15 is 0 Å². The van der Waals surface area contributed by atoms with Crippen molar-refractivity contribution in [3.63, 3.8) is 0 Å². The summed E-state index contributed by atoms with van der Waals surface area (Å²) >= 11 is 1.66. The zero-order valence-electron chi connectivity index (χ0n) is 12.6. The van der Waals surface area contributed by atoms with E-state index in [1.807, 2.05) is 40.6 Å². The van der Waals surface area contributed by atoms with Crippen LogP contribution in [-0.4, -0.2) is 24.6 Å². The number of thiophene rings is 1. The highest BCUT2D eigenvalue weighted by atomic mass is 32.1.